The molecule has 0 aliphatic carbocycles. The van der Waals surface area contributed by atoms with E-state index in [1.54, 1.807) is 17.0 Å². The van der Waals surface area contributed by atoms with Gasteiger partial charge in [0, 0.05) is 35.8 Å². The Bertz CT molecular complexity index is 809. The number of Topliss-reactive ketones (excluding diaryl/α,β-unsaturated/α-hetero) is 1. The number of hydrogen-bond acceptors (Lipinski definition) is 3. The van der Waals surface area contributed by atoms with Gasteiger partial charge in [-0.1, -0.05) is 49.7 Å². The van der Waals surface area contributed by atoms with E-state index in [0.717, 1.165) is 12.0 Å². The molecule has 0 radical (unpaired) electrons. The van der Waals surface area contributed by atoms with Gasteiger partial charge in [0.2, 0.25) is 0 Å². The molecule has 1 aliphatic rings. The van der Waals surface area contributed by atoms with Crippen molar-refractivity contribution in [2.24, 2.45) is 11.8 Å². The Morgan fingerprint density at radius 3 is 2.41 bits per heavy atom. The summed E-state index contributed by atoms with van der Waals surface area (Å²) in [7, 11) is 0. The van der Waals surface area contributed by atoms with Crippen LogP contribution in [0.1, 0.15) is 53.1 Å². The van der Waals surface area contributed by atoms with Crippen LogP contribution in [0.4, 0.5) is 0 Å². The third kappa shape index (κ3) is 4.95. The molecule has 0 unspecified atom stereocenters. The van der Waals surface area contributed by atoms with Crippen LogP contribution in [0.5, 0.6) is 0 Å². The van der Waals surface area contributed by atoms with Crippen molar-refractivity contribution in [3.8, 4) is 0 Å². The third-order valence-electron chi connectivity index (χ3n) is 4.98. The molecular formula is C22H25ClN2O2. The number of hydrogen-bond donors (Lipinski definition) is 0. The zero-order valence-corrected chi connectivity index (χ0v) is 16.6. The second-order valence-corrected chi connectivity index (χ2v) is 8.02. The van der Waals surface area contributed by atoms with E-state index in [0.29, 0.717) is 42.6 Å². The van der Waals surface area contributed by atoms with Crippen LogP contribution in [0.15, 0.2) is 42.6 Å². The predicted molar refractivity (Wildman–Crippen MR) is 107 cm³/mol. The molecule has 142 valence electrons. The highest BCUT2D eigenvalue weighted by Gasteiger charge is 2.28. The number of amides is 1. The van der Waals surface area contributed by atoms with Crippen LogP contribution in [0.2, 0.25) is 5.02 Å². The summed E-state index contributed by atoms with van der Waals surface area (Å²) in [5.41, 5.74) is 2.38. The number of carbonyl (C=O) groups excluding carboxylic acids is 2. The lowest BCUT2D eigenvalue weighted by atomic mass is 9.88. The van der Waals surface area contributed by atoms with Gasteiger partial charge in [0.1, 0.15) is 5.69 Å². The van der Waals surface area contributed by atoms with Gasteiger partial charge in [-0.05, 0) is 42.9 Å². The summed E-state index contributed by atoms with van der Waals surface area (Å²) < 4.78 is 0. The van der Waals surface area contributed by atoms with Gasteiger partial charge < -0.3 is 4.90 Å². The molecule has 5 heteroatoms. The van der Waals surface area contributed by atoms with E-state index in [2.05, 4.69) is 31.0 Å². The first-order valence-corrected chi connectivity index (χ1v) is 9.86. The molecule has 0 saturated carbocycles. The van der Waals surface area contributed by atoms with E-state index >= 15 is 0 Å². The number of carbonyl (C=O) groups is 2. The Kier molecular flexibility index (Phi) is 6.27. The third-order valence-corrected chi connectivity index (χ3v) is 5.21. The Morgan fingerprint density at radius 2 is 1.81 bits per heavy atom. The molecule has 2 aromatic rings. The lowest BCUT2D eigenvalue weighted by Crippen LogP contribution is -2.40. The molecule has 0 bridgehead atoms. The van der Waals surface area contributed by atoms with Crippen molar-refractivity contribution < 1.29 is 9.59 Å². The van der Waals surface area contributed by atoms with Crippen molar-refractivity contribution in [1.82, 2.24) is 9.88 Å². The number of aromatic nitrogens is 1. The summed E-state index contributed by atoms with van der Waals surface area (Å²) in [6, 6.07) is 11.2. The molecule has 1 aliphatic heterocycles. The van der Waals surface area contributed by atoms with Gasteiger partial charge >= 0.3 is 0 Å². The van der Waals surface area contributed by atoms with Gasteiger partial charge in [0.05, 0.1) is 0 Å². The first-order valence-electron chi connectivity index (χ1n) is 9.48. The molecule has 1 aromatic carbocycles. The molecule has 1 aromatic heterocycles. The Labute approximate surface area is 165 Å². The number of nitrogens with zero attached hydrogens (tertiary/aromatic N) is 2. The van der Waals surface area contributed by atoms with E-state index < -0.39 is 0 Å². The monoisotopic (exact) mass is 384 g/mol. The molecule has 27 heavy (non-hydrogen) atoms. The van der Waals surface area contributed by atoms with Crippen LogP contribution >= 0.6 is 11.6 Å². The maximum atomic E-state index is 12.8. The minimum absolute atomic E-state index is 0.0303. The first kappa shape index (κ1) is 19.6. The minimum atomic E-state index is -0.124. The number of piperidine rings is 1. The van der Waals surface area contributed by atoms with E-state index in [1.165, 1.54) is 11.8 Å². The molecule has 0 atom stereocenters. The summed E-state index contributed by atoms with van der Waals surface area (Å²) in [5, 5.41) is 0.499. The Hall–Kier alpha value is -2.20. The molecular weight excluding hydrogens is 360 g/mol. The molecule has 3 rings (SSSR count). The summed E-state index contributed by atoms with van der Waals surface area (Å²) >= 11 is 5.94. The number of ketones is 1. The van der Waals surface area contributed by atoms with Crippen LogP contribution in [0.3, 0.4) is 0 Å². The molecule has 1 saturated heterocycles. The maximum absolute atomic E-state index is 12.8. The van der Waals surface area contributed by atoms with Gasteiger partial charge in [-0.25, -0.2) is 0 Å². The van der Waals surface area contributed by atoms with Crippen LogP contribution in [-0.2, 0) is 6.42 Å². The fraction of sp³-hybridized carbons (Fsp3) is 0.409. The SMILES string of the molecule is CC(C)Cc1ccc(C(=O)C2CCN(C(=O)c3cc(Cl)ccn3)CC2)cc1. The first-order chi connectivity index (χ1) is 12.9. The highest BCUT2D eigenvalue weighted by molar-refractivity contribution is 6.30. The lowest BCUT2D eigenvalue weighted by Gasteiger charge is -2.31. The van der Waals surface area contributed by atoms with Crippen molar-refractivity contribution in [2.45, 2.75) is 33.1 Å². The number of benzene rings is 1. The highest BCUT2D eigenvalue weighted by Crippen LogP contribution is 2.23. The number of halogens is 1. The van der Waals surface area contributed by atoms with Gasteiger partial charge in [0.25, 0.3) is 5.91 Å². The zero-order valence-electron chi connectivity index (χ0n) is 15.8. The van der Waals surface area contributed by atoms with E-state index in [-0.39, 0.29) is 17.6 Å². The molecule has 4 nitrogen and oxygen atoms in total. The summed E-state index contributed by atoms with van der Waals surface area (Å²) in [6.07, 6.45) is 3.92. The molecule has 1 fully saturated rings. The largest absolute Gasteiger partial charge is 0.337 e. The standard InChI is InChI=1S/C22H25ClN2O2/c1-15(2)13-16-3-5-17(6-4-16)21(26)18-8-11-25(12-9-18)22(27)20-14-19(23)7-10-24-20/h3-7,10,14-15,18H,8-9,11-13H2,1-2H3. The van der Waals surface area contributed by atoms with Crippen LogP contribution < -0.4 is 0 Å². The van der Waals surface area contributed by atoms with Crippen molar-refractivity contribution in [1.29, 1.82) is 0 Å². The summed E-state index contributed by atoms with van der Waals surface area (Å²) in [5.74, 6) is 0.625. The van der Waals surface area contributed by atoms with Crippen LogP contribution in [0, 0.1) is 11.8 Å². The van der Waals surface area contributed by atoms with Gasteiger partial charge in [-0.15, -0.1) is 0 Å². The van der Waals surface area contributed by atoms with Crippen molar-refractivity contribution in [3.63, 3.8) is 0 Å². The highest BCUT2D eigenvalue weighted by atomic mass is 35.5. The number of pyridine rings is 1. The second-order valence-electron chi connectivity index (χ2n) is 7.58. The average molecular weight is 385 g/mol. The van der Waals surface area contributed by atoms with Gasteiger partial charge in [-0.2, -0.15) is 0 Å². The normalized spacial score (nSPS) is 15.2. The quantitative estimate of drug-likeness (QED) is 0.704. The maximum Gasteiger partial charge on any atom is 0.272 e. The summed E-state index contributed by atoms with van der Waals surface area (Å²) in [4.78, 5) is 31.2. The molecule has 0 N–H and O–H groups in total. The number of rotatable bonds is 5. The average Bonchev–Trinajstić information content (AvgIpc) is 2.67. The van der Waals surface area contributed by atoms with Crippen LogP contribution in [-0.4, -0.2) is 34.7 Å². The predicted octanol–water partition coefficient (Wildman–Crippen LogP) is 4.67. The minimum Gasteiger partial charge on any atom is -0.337 e. The molecule has 1 amide bonds. The van der Waals surface area contributed by atoms with E-state index in [4.69, 9.17) is 11.6 Å². The molecule has 2 heterocycles. The fourth-order valence-corrected chi connectivity index (χ4v) is 3.70. The lowest BCUT2D eigenvalue weighted by molar-refractivity contribution is 0.0645. The van der Waals surface area contributed by atoms with Crippen molar-refractivity contribution >= 4 is 23.3 Å². The Morgan fingerprint density at radius 1 is 1.15 bits per heavy atom. The number of likely N-dealkylation sites (tertiary alicyclic amines) is 1. The zero-order chi connectivity index (χ0) is 19.4. The Balaban J connectivity index is 1.58. The van der Waals surface area contributed by atoms with Gasteiger partial charge in [-0.3, -0.25) is 14.6 Å². The van der Waals surface area contributed by atoms with Crippen LogP contribution in [0.25, 0.3) is 0 Å². The fourth-order valence-electron chi connectivity index (χ4n) is 3.54. The van der Waals surface area contributed by atoms with Gasteiger partial charge in [0.15, 0.2) is 5.78 Å². The van der Waals surface area contributed by atoms with E-state index in [9.17, 15) is 9.59 Å². The van der Waals surface area contributed by atoms with E-state index in [1.807, 2.05) is 12.1 Å². The second kappa shape index (κ2) is 8.66. The molecule has 0 spiro atoms. The smallest absolute Gasteiger partial charge is 0.272 e. The van der Waals surface area contributed by atoms with Crippen molar-refractivity contribution in [3.05, 3.63) is 64.4 Å². The van der Waals surface area contributed by atoms with Crippen molar-refractivity contribution in [2.75, 3.05) is 13.1 Å². The topological polar surface area (TPSA) is 50.3 Å². The summed E-state index contributed by atoms with van der Waals surface area (Å²) in [6.45, 7) is 5.50.